The Hall–Kier alpha value is -2.76. The second kappa shape index (κ2) is 8.64. The van der Waals surface area contributed by atoms with Gasteiger partial charge in [0, 0.05) is 32.2 Å². The van der Waals surface area contributed by atoms with Gasteiger partial charge < -0.3 is 18.8 Å². The highest BCUT2D eigenvalue weighted by atomic mass is 32.2. The molecular weight excluding hydrogens is 454 g/mol. The summed E-state index contributed by atoms with van der Waals surface area (Å²) in [5.41, 5.74) is 1.43. The smallest absolute Gasteiger partial charge is 0.257 e. The van der Waals surface area contributed by atoms with Gasteiger partial charge in [-0.05, 0) is 24.3 Å². The first kappa shape index (κ1) is 21.1. The lowest BCUT2D eigenvalue weighted by molar-refractivity contribution is -0.129. The monoisotopic (exact) mass is 475 g/mol. The van der Waals surface area contributed by atoms with Gasteiger partial charge >= 0.3 is 0 Å². The number of aromatic nitrogens is 1. The Balaban J connectivity index is 1.18. The van der Waals surface area contributed by atoms with Crippen molar-refractivity contribution in [2.45, 2.75) is 10.1 Å². The van der Waals surface area contributed by atoms with Gasteiger partial charge in [-0.25, -0.2) is 13.4 Å². The van der Waals surface area contributed by atoms with Crippen molar-refractivity contribution in [3.63, 3.8) is 0 Å². The fourth-order valence-corrected chi connectivity index (χ4v) is 5.82. The number of hydrogen-bond donors (Lipinski definition) is 0. The fourth-order valence-electron chi connectivity index (χ4n) is 3.64. The van der Waals surface area contributed by atoms with Crippen LogP contribution in [0.25, 0.3) is 11.1 Å². The normalized spacial score (nSPS) is 16.9. The Kier molecular flexibility index (Phi) is 5.70. The SMILES string of the molecule is O=C(CSc1nc2ccccc2o1)N1CCN(S(=O)(=O)c2ccc3c(c2)OCCO3)CC1. The van der Waals surface area contributed by atoms with E-state index < -0.39 is 10.0 Å². The van der Waals surface area contributed by atoms with Crippen LogP contribution in [0.1, 0.15) is 0 Å². The lowest BCUT2D eigenvalue weighted by atomic mass is 10.3. The highest BCUT2D eigenvalue weighted by molar-refractivity contribution is 7.99. The maximum absolute atomic E-state index is 13.0. The van der Waals surface area contributed by atoms with Crippen LogP contribution < -0.4 is 9.47 Å². The zero-order valence-corrected chi connectivity index (χ0v) is 18.7. The third-order valence-corrected chi connectivity index (χ3v) is 8.04. The number of nitrogens with zero attached hydrogens (tertiary/aromatic N) is 3. The minimum absolute atomic E-state index is 0.0753. The molecule has 0 aliphatic carbocycles. The predicted molar refractivity (Wildman–Crippen MR) is 118 cm³/mol. The molecule has 1 saturated heterocycles. The molecule has 3 aromatic rings. The molecule has 0 radical (unpaired) electrons. The Morgan fingerprint density at radius 2 is 1.75 bits per heavy atom. The molecular formula is C21H21N3O6S2. The van der Waals surface area contributed by atoms with Crippen molar-refractivity contribution in [1.82, 2.24) is 14.2 Å². The summed E-state index contributed by atoms with van der Waals surface area (Å²) in [6.07, 6.45) is 0. The van der Waals surface area contributed by atoms with Gasteiger partial charge in [-0.1, -0.05) is 23.9 Å². The molecule has 2 aliphatic rings. The van der Waals surface area contributed by atoms with Crippen molar-refractivity contribution in [2.24, 2.45) is 0 Å². The molecule has 168 valence electrons. The highest BCUT2D eigenvalue weighted by Gasteiger charge is 2.31. The summed E-state index contributed by atoms with van der Waals surface area (Å²) in [5.74, 6) is 1.08. The van der Waals surface area contributed by atoms with Crippen LogP contribution in [0.4, 0.5) is 0 Å². The predicted octanol–water partition coefficient (Wildman–Crippen LogP) is 2.22. The molecule has 1 aromatic heterocycles. The number of benzene rings is 2. The van der Waals surface area contributed by atoms with Gasteiger partial charge in [-0.15, -0.1) is 0 Å². The summed E-state index contributed by atoms with van der Waals surface area (Å²) in [6, 6.07) is 12.1. The van der Waals surface area contributed by atoms with Gasteiger partial charge in [-0.3, -0.25) is 4.79 Å². The van der Waals surface area contributed by atoms with Crippen LogP contribution in [0.3, 0.4) is 0 Å². The lowest BCUT2D eigenvalue weighted by Crippen LogP contribution is -2.50. The minimum Gasteiger partial charge on any atom is -0.486 e. The summed E-state index contributed by atoms with van der Waals surface area (Å²) in [5, 5.41) is 0.444. The molecule has 2 aromatic carbocycles. The van der Waals surface area contributed by atoms with E-state index in [0.717, 1.165) is 5.52 Å². The van der Waals surface area contributed by atoms with E-state index in [0.29, 0.717) is 48.6 Å². The van der Waals surface area contributed by atoms with Crippen molar-refractivity contribution >= 4 is 38.8 Å². The van der Waals surface area contributed by atoms with Crippen LogP contribution in [0.5, 0.6) is 11.5 Å². The van der Waals surface area contributed by atoms with Gasteiger partial charge in [0.25, 0.3) is 5.22 Å². The standard InChI is InChI=1S/C21H21N3O6S2/c25-20(14-31-21-22-16-3-1-2-4-17(16)30-21)23-7-9-24(10-8-23)32(26,27)15-5-6-18-19(13-15)29-12-11-28-18/h1-6,13H,7-12,14H2. The molecule has 1 fully saturated rings. The molecule has 0 N–H and O–H groups in total. The third kappa shape index (κ3) is 4.15. The van der Waals surface area contributed by atoms with Crippen molar-refractivity contribution in [3.8, 4) is 11.5 Å². The van der Waals surface area contributed by atoms with Crippen LogP contribution in [-0.2, 0) is 14.8 Å². The molecule has 0 atom stereocenters. The van der Waals surface area contributed by atoms with Gasteiger partial charge in [0.15, 0.2) is 17.1 Å². The summed E-state index contributed by atoms with van der Waals surface area (Å²) in [7, 11) is -3.69. The Morgan fingerprint density at radius 1 is 1.00 bits per heavy atom. The van der Waals surface area contributed by atoms with E-state index >= 15 is 0 Å². The van der Waals surface area contributed by atoms with E-state index in [1.54, 1.807) is 11.0 Å². The first-order valence-electron chi connectivity index (χ1n) is 10.2. The molecule has 1 amide bonds. The average Bonchev–Trinajstić information content (AvgIpc) is 3.25. The lowest BCUT2D eigenvalue weighted by Gasteiger charge is -2.34. The molecule has 5 rings (SSSR count). The van der Waals surface area contributed by atoms with Gasteiger partial charge in [0.05, 0.1) is 10.6 Å². The van der Waals surface area contributed by atoms with Crippen LogP contribution in [0.15, 0.2) is 57.0 Å². The van der Waals surface area contributed by atoms with Crippen molar-refractivity contribution in [1.29, 1.82) is 0 Å². The quantitative estimate of drug-likeness (QED) is 0.518. The summed E-state index contributed by atoms with van der Waals surface area (Å²) < 4.78 is 44.1. The number of amides is 1. The molecule has 0 bridgehead atoms. The Bertz CT molecular complexity index is 1220. The van der Waals surface area contributed by atoms with E-state index in [9.17, 15) is 13.2 Å². The molecule has 0 spiro atoms. The molecule has 0 saturated carbocycles. The molecule has 0 unspecified atom stereocenters. The number of para-hydroxylation sites is 2. The third-order valence-electron chi connectivity index (χ3n) is 5.34. The maximum Gasteiger partial charge on any atom is 0.257 e. The second-order valence-corrected chi connectivity index (χ2v) is 10.2. The number of carbonyl (C=O) groups excluding carboxylic acids is 1. The summed E-state index contributed by atoms with van der Waals surface area (Å²) >= 11 is 1.24. The van der Waals surface area contributed by atoms with E-state index in [2.05, 4.69) is 4.98 Å². The van der Waals surface area contributed by atoms with Crippen LogP contribution in [0.2, 0.25) is 0 Å². The number of oxazole rings is 1. The van der Waals surface area contributed by atoms with E-state index in [1.807, 2.05) is 24.3 Å². The maximum atomic E-state index is 13.0. The number of thioether (sulfide) groups is 1. The van der Waals surface area contributed by atoms with E-state index in [-0.39, 0.29) is 29.6 Å². The van der Waals surface area contributed by atoms with Crippen molar-refractivity contribution < 1.29 is 27.1 Å². The number of ether oxygens (including phenoxy) is 2. The zero-order chi connectivity index (χ0) is 22.1. The van der Waals surface area contributed by atoms with E-state index in [4.69, 9.17) is 13.9 Å². The number of carbonyl (C=O) groups is 1. The van der Waals surface area contributed by atoms with Crippen LogP contribution in [-0.4, -0.2) is 73.7 Å². The summed E-state index contributed by atoms with van der Waals surface area (Å²) in [6.45, 7) is 1.96. The highest BCUT2D eigenvalue weighted by Crippen LogP contribution is 2.33. The number of sulfonamides is 1. The molecule has 2 aliphatic heterocycles. The van der Waals surface area contributed by atoms with Gasteiger partial charge in [0.2, 0.25) is 15.9 Å². The van der Waals surface area contributed by atoms with Gasteiger partial charge in [-0.2, -0.15) is 4.31 Å². The molecule has 11 heteroatoms. The van der Waals surface area contributed by atoms with Gasteiger partial charge in [0.1, 0.15) is 18.7 Å². The Morgan fingerprint density at radius 3 is 2.53 bits per heavy atom. The largest absolute Gasteiger partial charge is 0.486 e. The number of rotatable bonds is 5. The minimum atomic E-state index is -3.69. The zero-order valence-electron chi connectivity index (χ0n) is 17.1. The molecule has 3 heterocycles. The fraction of sp³-hybridized carbons (Fsp3) is 0.333. The van der Waals surface area contributed by atoms with Crippen molar-refractivity contribution in [2.75, 3.05) is 45.1 Å². The number of fused-ring (bicyclic) bond motifs is 2. The van der Waals surface area contributed by atoms with Crippen LogP contribution in [0, 0.1) is 0 Å². The molecule has 32 heavy (non-hydrogen) atoms. The first-order valence-corrected chi connectivity index (χ1v) is 12.6. The topological polar surface area (TPSA) is 102 Å². The van der Waals surface area contributed by atoms with Crippen LogP contribution >= 0.6 is 11.8 Å². The Labute approximate surface area is 189 Å². The second-order valence-electron chi connectivity index (χ2n) is 7.33. The van der Waals surface area contributed by atoms with E-state index in [1.165, 1.54) is 28.2 Å². The number of piperazine rings is 1. The molecule has 9 nitrogen and oxygen atoms in total. The number of hydrogen-bond acceptors (Lipinski definition) is 8. The van der Waals surface area contributed by atoms with Crippen molar-refractivity contribution in [3.05, 3.63) is 42.5 Å². The first-order chi connectivity index (χ1) is 15.5. The average molecular weight is 476 g/mol. The summed E-state index contributed by atoms with van der Waals surface area (Å²) in [4.78, 5) is 18.8.